The first-order chi connectivity index (χ1) is 12.5. The maximum Gasteiger partial charge on any atom is 0.151 e. The van der Waals surface area contributed by atoms with Crippen molar-refractivity contribution in [2.24, 2.45) is 11.8 Å². The lowest BCUT2D eigenvalue weighted by molar-refractivity contribution is -0.125. The molecule has 2 saturated carbocycles. The van der Waals surface area contributed by atoms with E-state index in [4.69, 9.17) is 10.5 Å². The summed E-state index contributed by atoms with van der Waals surface area (Å²) in [6, 6.07) is 7.95. The van der Waals surface area contributed by atoms with Gasteiger partial charge in [-0.2, -0.15) is 10.5 Å². The summed E-state index contributed by atoms with van der Waals surface area (Å²) in [4.78, 5) is 26.3. The lowest BCUT2D eigenvalue weighted by Crippen LogP contribution is -2.20. The summed E-state index contributed by atoms with van der Waals surface area (Å²) in [5.74, 6) is -1.49. The number of ketones is 2. The fraction of sp³-hybridized carbons (Fsp3) is 0.455. The van der Waals surface area contributed by atoms with Crippen LogP contribution in [0.25, 0.3) is 0 Å². The molecule has 26 heavy (non-hydrogen) atoms. The Morgan fingerprint density at radius 2 is 1.46 bits per heavy atom. The van der Waals surface area contributed by atoms with E-state index in [1.165, 1.54) is 0 Å². The average molecular weight is 346 g/mol. The molecular weight excluding hydrogens is 324 g/mol. The standard InChI is InChI=1S/C22H22N2O2/c1-4-13-6-12(3)7-14(5-2)19(13)20-21(25)17-8-15(16(10-23)11-24)9-18(17)22(20)26/h6-7,17-18,20H,4-5,8-9H2,1-3H3. The van der Waals surface area contributed by atoms with Gasteiger partial charge in [-0.15, -0.1) is 0 Å². The highest BCUT2D eigenvalue weighted by atomic mass is 16.2. The summed E-state index contributed by atoms with van der Waals surface area (Å²) < 4.78 is 0. The second-order valence-electron chi connectivity index (χ2n) is 7.27. The van der Waals surface area contributed by atoms with Crippen LogP contribution >= 0.6 is 0 Å². The van der Waals surface area contributed by atoms with Crippen LogP contribution < -0.4 is 0 Å². The van der Waals surface area contributed by atoms with Crippen molar-refractivity contribution in [2.75, 3.05) is 0 Å². The van der Waals surface area contributed by atoms with Gasteiger partial charge in [0.2, 0.25) is 0 Å². The molecule has 0 aliphatic heterocycles. The molecule has 0 saturated heterocycles. The first-order valence-corrected chi connectivity index (χ1v) is 9.18. The molecule has 0 amide bonds. The molecule has 1 aromatic carbocycles. The molecule has 2 aliphatic rings. The van der Waals surface area contributed by atoms with E-state index in [9.17, 15) is 9.59 Å². The van der Waals surface area contributed by atoms with Crippen LogP contribution in [0.4, 0.5) is 0 Å². The summed E-state index contributed by atoms with van der Waals surface area (Å²) >= 11 is 0. The summed E-state index contributed by atoms with van der Waals surface area (Å²) in [6.07, 6.45) is 2.32. The lowest BCUT2D eigenvalue weighted by atomic mass is 9.83. The van der Waals surface area contributed by atoms with Gasteiger partial charge in [0, 0.05) is 11.8 Å². The zero-order valence-corrected chi connectivity index (χ0v) is 15.4. The summed E-state index contributed by atoms with van der Waals surface area (Å²) in [7, 11) is 0. The Kier molecular flexibility index (Phi) is 4.79. The van der Waals surface area contributed by atoms with Crippen LogP contribution in [0.3, 0.4) is 0 Å². The van der Waals surface area contributed by atoms with Crippen molar-refractivity contribution in [1.82, 2.24) is 0 Å². The highest BCUT2D eigenvalue weighted by Crippen LogP contribution is 2.49. The van der Waals surface area contributed by atoms with Crippen molar-refractivity contribution in [3.8, 4) is 12.1 Å². The normalized spacial score (nSPS) is 24.3. The summed E-state index contributed by atoms with van der Waals surface area (Å²) in [5, 5.41) is 18.1. The van der Waals surface area contributed by atoms with E-state index in [-0.39, 0.29) is 29.0 Å². The molecule has 2 atom stereocenters. The molecule has 0 spiro atoms. The van der Waals surface area contributed by atoms with Crippen molar-refractivity contribution in [3.63, 3.8) is 0 Å². The zero-order valence-electron chi connectivity index (χ0n) is 15.4. The number of rotatable bonds is 3. The monoisotopic (exact) mass is 346 g/mol. The van der Waals surface area contributed by atoms with Crippen LogP contribution in [0.1, 0.15) is 54.9 Å². The molecule has 132 valence electrons. The van der Waals surface area contributed by atoms with Crippen LogP contribution in [0.5, 0.6) is 0 Å². The molecule has 4 heteroatoms. The Morgan fingerprint density at radius 3 is 1.85 bits per heavy atom. The predicted molar refractivity (Wildman–Crippen MR) is 97.2 cm³/mol. The molecule has 0 aromatic heterocycles. The molecular formula is C22H22N2O2. The molecule has 2 unspecified atom stereocenters. The van der Waals surface area contributed by atoms with Crippen LogP contribution in [0, 0.1) is 41.4 Å². The largest absolute Gasteiger partial charge is 0.298 e. The number of allylic oxidation sites excluding steroid dienone is 2. The Morgan fingerprint density at radius 1 is 1.00 bits per heavy atom. The SMILES string of the molecule is CCc1cc(C)cc(CC)c1C1C(=O)C2CC(=C(C#N)C#N)CC2C1=O. The molecule has 1 aromatic rings. The van der Waals surface area contributed by atoms with E-state index in [1.54, 1.807) is 0 Å². The number of benzene rings is 1. The van der Waals surface area contributed by atoms with E-state index in [2.05, 4.69) is 26.0 Å². The molecule has 0 N–H and O–H groups in total. The van der Waals surface area contributed by atoms with Crippen molar-refractivity contribution in [2.45, 2.75) is 52.4 Å². The van der Waals surface area contributed by atoms with Crippen molar-refractivity contribution in [3.05, 3.63) is 45.5 Å². The van der Waals surface area contributed by atoms with E-state index in [0.717, 1.165) is 35.1 Å². The Labute approximate surface area is 154 Å². The third kappa shape index (κ3) is 2.67. The molecule has 0 heterocycles. The zero-order chi connectivity index (χ0) is 19.0. The van der Waals surface area contributed by atoms with Crippen molar-refractivity contribution < 1.29 is 9.59 Å². The number of fused-ring (bicyclic) bond motifs is 1. The number of hydrogen-bond donors (Lipinski definition) is 0. The van der Waals surface area contributed by atoms with Gasteiger partial charge in [-0.3, -0.25) is 9.59 Å². The highest BCUT2D eigenvalue weighted by molar-refractivity contribution is 6.17. The van der Waals surface area contributed by atoms with E-state index >= 15 is 0 Å². The van der Waals surface area contributed by atoms with E-state index in [1.807, 2.05) is 19.1 Å². The lowest BCUT2D eigenvalue weighted by Gasteiger charge is -2.19. The number of aryl methyl sites for hydroxylation is 3. The summed E-state index contributed by atoms with van der Waals surface area (Å²) in [5.41, 5.74) is 4.96. The second-order valence-corrected chi connectivity index (χ2v) is 7.27. The van der Waals surface area contributed by atoms with Crippen LogP contribution in [-0.4, -0.2) is 11.6 Å². The van der Waals surface area contributed by atoms with Crippen molar-refractivity contribution >= 4 is 11.6 Å². The smallest absolute Gasteiger partial charge is 0.151 e. The quantitative estimate of drug-likeness (QED) is 0.617. The average Bonchev–Trinajstić information content (AvgIpc) is 3.16. The minimum atomic E-state index is -0.676. The number of carbonyl (C=O) groups excluding carboxylic acids is 2. The second kappa shape index (κ2) is 6.89. The van der Waals surface area contributed by atoms with Crippen LogP contribution in [0.2, 0.25) is 0 Å². The third-order valence-corrected chi connectivity index (χ3v) is 5.84. The van der Waals surface area contributed by atoms with E-state index in [0.29, 0.717) is 18.4 Å². The number of nitriles is 2. The first-order valence-electron chi connectivity index (χ1n) is 9.18. The molecule has 2 fully saturated rings. The maximum atomic E-state index is 13.2. The topological polar surface area (TPSA) is 81.7 Å². The van der Waals surface area contributed by atoms with Crippen LogP contribution in [-0.2, 0) is 22.4 Å². The first kappa shape index (κ1) is 18.1. The highest BCUT2D eigenvalue weighted by Gasteiger charge is 2.54. The number of hydrogen-bond acceptors (Lipinski definition) is 4. The minimum Gasteiger partial charge on any atom is -0.298 e. The Balaban J connectivity index is 2.05. The number of carbonyl (C=O) groups is 2. The third-order valence-electron chi connectivity index (χ3n) is 5.84. The fourth-order valence-electron chi connectivity index (χ4n) is 4.65. The van der Waals surface area contributed by atoms with Gasteiger partial charge in [-0.25, -0.2) is 0 Å². The molecule has 3 rings (SSSR count). The van der Waals surface area contributed by atoms with Gasteiger partial charge in [0.1, 0.15) is 23.6 Å². The Bertz CT molecular complexity index is 844. The maximum absolute atomic E-state index is 13.2. The predicted octanol–water partition coefficient (Wildman–Crippen LogP) is 3.73. The number of nitrogens with zero attached hydrogens (tertiary/aromatic N) is 2. The minimum absolute atomic E-state index is 0.0292. The van der Waals surface area contributed by atoms with Gasteiger partial charge >= 0.3 is 0 Å². The van der Waals surface area contributed by atoms with Crippen molar-refractivity contribution in [1.29, 1.82) is 10.5 Å². The fourth-order valence-corrected chi connectivity index (χ4v) is 4.65. The van der Waals surface area contributed by atoms with Gasteiger partial charge in [-0.05, 0) is 54.9 Å². The van der Waals surface area contributed by atoms with E-state index < -0.39 is 5.92 Å². The molecule has 0 radical (unpaired) electrons. The molecule has 4 nitrogen and oxygen atoms in total. The van der Waals surface area contributed by atoms with Gasteiger partial charge < -0.3 is 0 Å². The Hall–Kier alpha value is -2.72. The van der Waals surface area contributed by atoms with Gasteiger partial charge in [0.25, 0.3) is 0 Å². The molecule has 0 bridgehead atoms. The molecule has 2 aliphatic carbocycles. The van der Waals surface area contributed by atoms with Crippen LogP contribution in [0.15, 0.2) is 23.3 Å². The van der Waals surface area contributed by atoms with Gasteiger partial charge in [0.05, 0.1) is 0 Å². The van der Waals surface area contributed by atoms with Gasteiger partial charge in [-0.1, -0.05) is 31.5 Å². The summed E-state index contributed by atoms with van der Waals surface area (Å²) in [6.45, 7) is 6.14. The number of Topliss-reactive ketones (excluding diaryl/α,β-unsaturated/α-hetero) is 2. The van der Waals surface area contributed by atoms with Gasteiger partial charge in [0.15, 0.2) is 11.6 Å².